The predicted octanol–water partition coefficient (Wildman–Crippen LogP) is 2.63. The van der Waals surface area contributed by atoms with Crippen molar-refractivity contribution in [3.63, 3.8) is 0 Å². The van der Waals surface area contributed by atoms with Crippen LogP contribution in [-0.4, -0.2) is 11.1 Å². The Balaban J connectivity index is 2.66. The first-order chi connectivity index (χ1) is 5.18. The normalized spacial score (nSPS) is 10.2. The fraction of sp³-hybridized carbons (Fsp3) is 0.375. The predicted molar refractivity (Wildman–Crippen MR) is 47.7 cm³/mol. The topological polar surface area (TPSA) is 22.1 Å². The summed E-state index contributed by atoms with van der Waals surface area (Å²) in [5, 5.41) is 0. The molecule has 0 saturated carbocycles. The summed E-state index contributed by atoms with van der Waals surface area (Å²) in [4.78, 5) is 4.02. The minimum absolute atomic E-state index is 0.206. The molecule has 11 heavy (non-hydrogen) atoms. The molecule has 60 valence electrons. The van der Waals surface area contributed by atoms with E-state index in [0.29, 0.717) is 0 Å². The molecular formula is C8H10BrNO. The van der Waals surface area contributed by atoms with Crippen LogP contribution in [0.5, 0.6) is 5.75 Å². The summed E-state index contributed by atoms with van der Waals surface area (Å²) in [5.41, 5.74) is 0. The van der Waals surface area contributed by atoms with Gasteiger partial charge in [-0.2, -0.15) is 0 Å². The van der Waals surface area contributed by atoms with Crippen molar-refractivity contribution in [3.8, 4) is 5.75 Å². The van der Waals surface area contributed by atoms with Crippen molar-refractivity contribution in [3.05, 3.63) is 22.9 Å². The van der Waals surface area contributed by atoms with Crippen LogP contribution in [0, 0.1) is 0 Å². The van der Waals surface area contributed by atoms with Crippen LogP contribution in [0.1, 0.15) is 13.8 Å². The largest absolute Gasteiger partial charge is 0.489 e. The standard InChI is InChI=1S/C8H10BrNO/c1-6(2)11-7-3-4-8(9)10-5-7/h3-6H,1-2H3. The van der Waals surface area contributed by atoms with E-state index in [1.54, 1.807) is 6.20 Å². The van der Waals surface area contributed by atoms with Gasteiger partial charge in [-0.3, -0.25) is 0 Å². The summed E-state index contributed by atoms with van der Waals surface area (Å²) < 4.78 is 6.21. The fourth-order valence-corrected chi connectivity index (χ4v) is 0.939. The van der Waals surface area contributed by atoms with Gasteiger partial charge in [0, 0.05) is 0 Å². The molecule has 0 aromatic carbocycles. The molecule has 0 atom stereocenters. The molecule has 1 rings (SSSR count). The van der Waals surface area contributed by atoms with Crippen LogP contribution in [0.15, 0.2) is 22.9 Å². The summed E-state index contributed by atoms with van der Waals surface area (Å²) >= 11 is 3.24. The Kier molecular flexibility index (Phi) is 2.88. The van der Waals surface area contributed by atoms with Gasteiger partial charge in [-0.1, -0.05) is 0 Å². The van der Waals surface area contributed by atoms with Crippen molar-refractivity contribution >= 4 is 15.9 Å². The zero-order valence-corrected chi connectivity index (χ0v) is 8.13. The van der Waals surface area contributed by atoms with Gasteiger partial charge in [-0.25, -0.2) is 4.98 Å². The molecule has 0 bridgehead atoms. The smallest absolute Gasteiger partial charge is 0.138 e. The number of ether oxygens (including phenoxy) is 1. The lowest BCUT2D eigenvalue weighted by molar-refractivity contribution is 0.241. The second kappa shape index (κ2) is 3.72. The van der Waals surface area contributed by atoms with E-state index in [9.17, 15) is 0 Å². The van der Waals surface area contributed by atoms with Gasteiger partial charge in [0.2, 0.25) is 0 Å². The van der Waals surface area contributed by atoms with Crippen LogP contribution in [-0.2, 0) is 0 Å². The van der Waals surface area contributed by atoms with Crippen LogP contribution in [0.2, 0.25) is 0 Å². The average molecular weight is 216 g/mol. The zero-order valence-electron chi connectivity index (χ0n) is 6.54. The van der Waals surface area contributed by atoms with Gasteiger partial charge >= 0.3 is 0 Å². The lowest BCUT2D eigenvalue weighted by Crippen LogP contribution is -2.05. The maximum absolute atomic E-state index is 5.39. The molecule has 0 aliphatic rings. The first-order valence-electron chi connectivity index (χ1n) is 3.46. The maximum Gasteiger partial charge on any atom is 0.138 e. The minimum atomic E-state index is 0.206. The van der Waals surface area contributed by atoms with E-state index in [4.69, 9.17) is 4.74 Å². The van der Waals surface area contributed by atoms with Crippen molar-refractivity contribution < 1.29 is 4.74 Å². The molecule has 0 unspecified atom stereocenters. The Labute approximate surface area is 74.7 Å². The second-order valence-electron chi connectivity index (χ2n) is 2.48. The number of hydrogen-bond acceptors (Lipinski definition) is 2. The fourth-order valence-electron chi connectivity index (χ4n) is 0.704. The molecule has 2 nitrogen and oxygen atoms in total. The average Bonchev–Trinajstić information content (AvgIpc) is 1.93. The molecule has 0 aliphatic heterocycles. The molecule has 1 aromatic heterocycles. The molecule has 1 heterocycles. The molecule has 0 N–H and O–H groups in total. The molecule has 3 heteroatoms. The SMILES string of the molecule is CC(C)Oc1ccc(Br)nc1. The zero-order chi connectivity index (χ0) is 8.27. The Morgan fingerprint density at radius 1 is 1.45 bits per heavy atom. The second-order valence-corrected chi connectivity index (χ2v) is 3.30. The summed E-state index contributed by atoms with van der Waals surface area (Å²) in [5.74, 6) is 0.809. The Morgan fingerprint density at radius 2 is 2.18 bits per heavy atom. The summed E-state index contributed by atoms with van der Waals surface area (Å²) in [6.07, 6.45) is 1.90. The lowest BCUT2D eigenvalue weighted by atomic mass is 10.4. The highest BCUT2D eigenvalue weighted by atomic mass is 79.9. The Hall–Kier alpha value is -0.570. The number of pyridine rings is 1. The van der Waals surface area contributed by atoms with Crippen molar-refractivity contribution in [1.82, 2.24) is 4.98 Å². The van der Waals surface area contributed by atoms with E-state index in [1.807, 2.05) is 26.0 Å². The molecule has 0 fully saturated rings. The van der Waals surface area contributed by atoms with Crippen LogP contribution in [0.4, 0.5) is 0 Å². The third-order valence-electron chi connectivity index (χ3n) is 1.07. The molecule has 1 aromatic rings. The van der Waals surface area contributed by atoms with Crippen molar-refractivity contribution in [1.29, 1.82) is 0 Å². The molecule has 0 spiro atoms. The first kappa shape index (κ1) is 8.53. The quantitative estimate of drug-likeness (QED) is 0.709. The number of nitrogens with zero attached hydrogens (tertiary/aromatic N) is 1. The van der Waals surface area contributed by atoms with Crippen molar-refractivity contribution in [2.24, 2.45) is 0 Å². The van der Waals surface area contributed by atoms with Crippen LogP contribution in [0.25, 0.3) is 0 Å². The van der Waals surface area contributed by atoms with Gasteiger partial charge in [-0.15, -0.1) is 0 Å². The number of halogens is 1. The summed E-state index contributed by atoms with van der Waals surface area (Å²) in [6, 6.07) is 3.74. The van der Waals surface area contributed by atoms with Gasteiger partial charge in [0.15, 0.2) is 0 Å². The highest BCUT2D eigenvalue weighted by Crippen LogP contribution is 2.13. The number of aromatic nitrogens is 1. The van der Waals surface area contributed by atoms with E-state index in [-0.39, 0.29) is 6.10 Å². The van der Waals surface area contributed by atoms with Gasteiger partial charge in [0.25, 0.3) is 0 Å². The minimum Gasteiger partial charge on any atom is -0.489 e. The molecule has 0 radical (unpaired) electrons. The van der Waals surface area contributed by atoms with Crippen LogP contribution in [0.3, 0.4) is 0 Å². The highest BCUT2D eigenvalue weighted by Gasteiger charge is 1.96. The Morgan fingerprint density at radius 3 is 2.64 bits per heavy atom. The van der Waals surface area contributed by atoms with E-state index in [2.05, 4.69) is 20.9 Å². The number of hydrogen-bond donors (Lipinski definition) is 0. The summed E-state index contributed by atoms with van der Waals surface area (Å²) in [7, 11) is 0. The van der Waals surface area contributed by atoms with Gasteiger partial charge in [0.1, 0.15) is 10.4 Å². The van der Waals surface area contributed by atoms with Gasteiger partial charge in [-0.05, 0) is 41.9 Å². The molecular weight excluding hydrogens is 206 g/mol. The van der Waals surface area contributed by atoms with Crippen molar-refractivity contribution in [2.45, 2.75) is 20.0 Å². The van der Waals surface area contributed by atoms with E-state index < -0.39 is 0 Å². The van der Waals surface area contributed by atoms with Crippen LogP contribution < -0.4 is 4.74 Å². The van der Waals surface area contributed by atoms with E-state index in [1.165, 1.54) is 0 Å². The van der Waals surface area contributed by atoms with Gasteiger partial charge in [0.05, 0.1) is 12.3 Å². The highest BCUT2D eigenvalue weighted by molar-refractivity contribution is 9.10. The lowest BCUT2D eigenvalue weighted by Gasteiger charge is -2.07. The monoisotopic (exact) mass is 215 g/mol. The molecule has 0 aliphatic carbocycles. The maximum atomic E-state index is 5.39. The van der Waals surface area contributed by atoms with Crippen LogP contribution >= 0.6 is 15.9 Å². The molecule has 0 saturated heterocycles. The third kappa shape index (κ3) is 2.89. The summed E-state index contributed by atoms with van der Waals surface area (Å²) in [6.45, 7) is 3.98. The van der Waals surface area contributed by atoms with Crippen molar-refractivity contribution in [2.75, 3.05) is 0 Å². The van der Waals surface area contributed by atoms with Gasteiger partial charge < -0.3 is 4.74 Å². The number of rotatable bonds is 2. The Bertz CT molecular complexity index is 220. The third-order valence-corrected chi connectivity index (χ3v) is 1.54. The van der Waals surface area contributed by atoms with E-state index in [0.717, 1.165) is 10.4 Å². The first-order valence-corrected chi connectivity index (χ1v) is 4.26. The molecule has 0 amide bonds. The van der Waals surface area contributed by atoms with E-state index >= 15 is 0 Å².